The molecule has 9 atom stereocenters. The number of carboxylic acid groups (broad SMARTS) is 1. The average Bonchev–Trinajstić information content (AvgIpc) is 2.82. The number of allylic oxidation sites excluding steroid dienone is 4. The minimum Gasteiger partial charge on any atom is -0.481 e. The lowest BCUT2D eigenvalue weighted by Crippen LogP contribution is -2.63. The van der Waals surface area contributed by atoms with Crippen LogP contribution in [0.1, 0.15) is 114 Å². The number of hydrogen-bond donors (Lipinski definition) is 1. The van der Waals surface area contributed by atoms with E-state index in [0.717, 1.165) is 38.5 Å². The van der Waals surface area contributed by atoms with Crippen LogP contribution in [0.2, 0.25) is 0 Å². The van der Waals surface area contributed by atoms with Gasteiger partial charge in [0.2, 0.25) is 0 Å². The summed E-state index contributed by atoms with van der Waals surface area (Å²) in [6, 6.07) is 0. The minimum atomic E-state index is -1.15. The van der Waals surface area contributed by atoms with Gasteiger partial charge in [0.25, 0.3) is 0 Å². The lowest BCUT2D eigenvalue weighted by atomic mass is 9.35. The van der Waals surface area contributed by atoms with Gasteiger partial charge >= 0.3 is 17.9 Å². The van der Waals surface area contributed by atoms with Gasteiger partial charge in [-0.15, -0.1) is 0 Å². The second-order valence-electron chi connectivity index (χ2n) is 15.8. The molecule has 1 N–H and O–H groups in total. The minimum absolute atomic E-state index is 0.0351. The SMILES string of the molecule is CC(=O)O[C@H]1CC[C@@]2(C)[C@H]3C=CC4=C5C[C@](C)(C(=O)O)[C@H](OC(C)=O)C[C@]5(C)CC[C@@]4(C)[C@]3(C)CC[C@H]2C1(C)C. The molecule has 0 bridgehead atoms. The molecule has 0 saturated heterocycles. The Labute approximate surface area is 240 Å². The summed E-state index contributed by atoms with van der Waals surface area (Å²) >= 11 is 0. The van der Waals surface area contributed by atoms with E-state index in [1.165, 1.54) is 25.0 Å². The van der Waals surface area contributed by atoms with E-state index < -0.39 is 23.5 Å². The second-order valence-corrected chi connectivity index (χ2v) is 15.8. The molecule has 40 heavy (non-hydrogen) atoms. The van der Waals surface area contributed by atoms with Crippen molar-refractivity contribution < 1.29 is 29.0 Å². The summed E-state index contributed by atoms with van der Waals surface area (Å²) in [7, 11) is 0. The molecule has 5 aliphatic rings. The van der Waals surface area contributed by atoms with Gasteiger partial charge in [0.1, 0.15) is 17.6 Å². The molecule has 5 aliphatic carbocycles. The number of fused-ring (bicyclic) bond motifs is 6. The summed E-state index contributed by atoms with van der Waals surface area (Å²) < 4.78 is 11.5. The zero-order chi connectivity index (χ0) is 29.7. The highest BCUT2D eigenvalue weighted by Crippen LogP contribution is 2.74. The predicted molar refractivity (Wildman–Crippen MR) is 153 cm³/mol. The Morgan fingerprint density at radius 2 is 1.48 bits per heavy atom. The summed E-state index contributed by atoms with van der Waals surface area (Å²) in [5.74, 6) is -0.669. The molecule has 5 rings (SSSR count). The quantitative estimate of drug-likeness (QED) is 0.369. The van der Waals surface area contributed by atoms with Gasteiger partial charge in [0.15, 0.2) is 0 Å². The van der Waals surface area contributed by atoms with Gasteiger partial charge in [0.05, 0.1) is 0 Å². The van der Waals surface area contributed by atoms with Gasteiger partial charge in [-0.2, -0.15) is 0 Å². The van der Waals surface area contributed by atoms with Crippen molar-refractivity contribution in [3.8, 4) is 0 Å². The van der Waals surface area contributed by atoms with E-state index in [9.17, 15) is 19.5 Å². The molecule has 0 unspecified atom stereocenters. The van der Waals surface area contributed by atoms with Gasteiger partial charge in [-0.1, -0.05) is 59.3 Å². The first-order valence-electron chi connectivity index (χ1n) is 15.4. The van der Waals surface area contributed by atoms with Crippen molar-refractivity contribution in [2.24, 2.45) is 44.3 Å². The Balaban J connectivity index is 1.59. The monoisotopic (exact) mass is 554 g/mol. The van der Waals surface area contributed by atoms with Crippen LogP contribution < -0.4 is 0 Å². The highest BCUT2D eigenvalue weighted by molar-refractivity contribution is 5.77. The summed E-state index contributed by atoms with van der Waals surface area (Å²) in [6.45, 7) is 18.9. The number of carbonyl (C=O) groups excluding carboxylic acids is 2. The van der Waals surface area contributed by atoms with Crippen LogP contribution in [0.15, 0.2) is 23.3 Å². The van der Waals surface area contributed by atoms with Gasteiger partial charge in [-0.05, 0) is 97.4 Å². The van der Waals surface area contributed by atoms with Crippen LogP contribution in [0.5, 0.6) is 0 Å². The van der Waals surface area contributed by atoms with Gasteiger partial charge in [-0.3, -0.25) is 14.4 Å². The van der Waals surface area contributed by atoms with Crippen LogP contribution in [0.4, 0.5) is 0 Å². The zero-order valence-corrected chi connectivity index (χ0v) is 26.1. The molecular formula is C34H50O6. The molecule has 0 aliphatic heterocycles. The number of aliphatic carboxylic acids is 1. The lowest BCUT2D eigenvalue weighted by molar-refractivity contribution is -0.198. The molecule has 0 heterocycles. The van der Waals surface area contributed by atoms with E-state index in [2.05, 4.69) is 53.7 Å². The number of ether oxygens (including phenoxy) is 2. The van der Waals surface area contributed by atoms with Crippen LogP contribution in [-0.4, -0.2) is 35.2 Å². The first-order valence-corrected chi connectivity index (χ1v) is 15.4. The summed E-state index contributed by atoms with van der Waals surface area (Å²) in [6.07, 6.45) is 11.2. The topological polar surface area (TPSA) is 89.9 Å². The van der Waals surface area contributed by atoms with E-state index in [0.29, 0.717) is 24.7 Å². The Kier molecular flexibility index (Phi) is 6.57. The third-order valence-corrected chi connectivity index (χ3v) is 13.4. The molecule has 0 aromatic heterocycles. The molecule has 0 radical (unpaired) electrons. The molecule has 222 valence electrons. The van der Waals surface area contributed by atoms with Crippen LogP contribution in [0, 0.1) is 44.3 Å². The highest BCUT2D eigenvalue weighted by Gasteiger charge is 2.67. The third kappa shape index (κ3) is 3.82. The van der Waals surface area contributed by atoms with E-state index >= 15 is 0 Å². The smallest absolute Gasteiger partial charge is 0.313 e. The van der Waals surface area contributed by atoms with Crippen molar-refractivity contribution in [3.63, 3.8) is 0 Å². The molecule has 0 spiro atoms. The van der Waals surface area contributed by atoms with E-state index in [-0.39, 0.29) is 39.1 Å². The molecule has 3 fully saturated rings. The molecule has 0 aromatic rings. The van der Waals surface area contributed by atoms with E-state index in [1.54, 1.807) is 6.92 Å². The van der Waals surface area contributed by atoms with E-state index in [4.69, 9.17) is 9.47 Å². The summed E-state index contributed by atoms with van der Waals surface area (Å²) in [5.41, 5.74) is 1.21. The van der Waals surface area contributed by atoms with Crippen LogP contribution in [-0.2, 0) is 23.9 Å². The average molecular weight is 555 g/mol. The fourth-order valence-corrected chi connectivity index (χ4v) is 10.7. The molecule has 6 heteroatoms. The number of carboxylic acids is 1. The van der Waals surface area contributed by atoms with Crippen molar-refractivity contribution in [1.29, 1.82) is 0 Å². The summed E-state index contributed by atoms with van der Waals surface area (Å²) in [5, 5.41) is 10.4. The standard InChI is InChI=1S/C34H50O6/c1-20(35)39-26-13-14-31(6)24(29(26,3)4)12-15-34(9)25(31)11-10-22-23-18-32(7,28(37)38)27(40-21(2)36)19-30(23,5)16-17-33(22,34)8/h10-11,24-27H,12-19H2,1-9H3,(H,37,38)/t24-,25+,26-,27+,30-,31+,32-,33+,34+/m0/s1. The van der Waals surface area contributed by atoms with Gasteiger partial charge in [0, 0.05) is 19.3 Å². The highest BCUT2D eigenvalue weighted by atomic mass is 16.5. The van der Waals surface area contributed by atoms with Crippen LogP contribution >= 0.6 is 0 Å². The van der Waals surface area contributed by atoms with Gasteiger partial charge in [-0.25, -0.2) is 0 Å². The fraction of sp³-hybridized carbons (Fsp3) is 0.794. The summed E-state index contributed by atoms with van der Waals surface area (Å²) in [4.78, 5) is 36.6. The normalized spacial score (nSPS) is 47.2. The van der Waals surface area contributed by atoms with Crippen LogP contribution in [0.25, 0.3) is 0 Å². The van der Waals surface area contributed by atoms with E-state index in [1.807, 2.05) is 0 Å². The fourth-order valence-electron chi connectivity index (χ4n) is 10.7. The predicted octanol–water partition coefficient (Wildman–Crippen LogP) is 7.27. The number of rotatable bonds is 3. The third-order valence-electron chi connectivity index (χ3n) is 13.4. The molecule has 6 nitrogen and oxygen atoms in total. The van der Waals surface area contributed by atoms with Gasteiger partial charge < -0.3 is 14.6 Å². The Morgan fingerprint density at radius 1 is 0.850 bits per heavy atom. The number of esters is 2. The Bertz CT molecular complexity index is 1200. The van der Waals surface area contributed by atoms with Crippen molar-refractivity contribution in [2.45, 2.75) is 126 Å². The Hall–Kier alpha value is -2.11. The lowest BCUT2D eigenvalue weighted by Gasteiger charge is -2.69. The van der Waals surface area contributed by atoms with Crippen molar-refractivity contribution in [2.75, 3.05) is 0 Å². The Morgan fingerprint density at radius 3 is 2.08 bits per heavy atom. The van der Waals surface area contributed by atoms with Crippen molar-refractivity contribution in [3.05, 3.63) is 23.3 Å². The maximum atomic E-state index is 12.7. The van der Waals surface area contributed by atoms with Crippen molar-refractivity contribution >= 4 is 17.9 Å². The second kappa shape index (κ2) is 8.94. The first-order chi connectivity index (χ1) is 18.3. The maximum absolute atomic E-state index is 12.7. The van der Waals surface area contributed by atoms with Crippen molar-refractivity contribution in [1.82, 2.24) is 0 Å². The maximum Gasteiger partial charge on any atom is 0.313 e. The first kappa shape index (κ1) is 29.4. The molecule has 0 aromatic carbocycles. The largest absolute Gasteiger partial charge is 0.481 e. The molecular weight excluding hydrogens is 504 g/mol. The molecule has 3 saturated carbocycles. The zero-order valence-electron chi connectivity index (χ0n) is 26.1. The number of carbonyl (C=O) groups is 3. The molecule has 0 amide bonds. The van der Waals surface area contributed by atoms with Crippen LogP contribution in [0.3, 0.4) is 0 Å². The number of hydrogen-bond acceptors (Lipinski definition) is 5.